The van der Waals surface area contributed by atoms with Gasteiger partial charge >= 0.3 is 0 Å². The molecular formula is C17H21N5O3S. The Hall–Kier alpha value is -2.26. The van der Waals surface area contributed by atoms with Crippen LogP contribution in [0.3, 0.4) is 0 Å². The highest BCUT2D eigenvalue weighted by Crippen LogP contribution is 2.38. The molecule has 3 heterocycles. The molecule has 138 valence electrons. The predicted octanol–water partition coefficient (Wildman–Crippen LogP) is 1.21. The molecule has 1 saturated heterocycles. The molecule has 8 nitrogen and oxygen atoms in total. The van der Waals surface area contributed by atoms with E-state index in [0.29, 0.717) is 31.5 Å². The number of nitrogens with zero attached hydrogens (tertiary/aromatic N) is 4. The van der Waals surface area contributed by atoms with Gasteiger partial charge in [-0.2, -0.15) is 0 Å². The number of ether oxygens (including phenoxy) is 2. The topological polar surface area (TPSA) is 81.5 Å². The van der Waals surface area contributed by atoms with E-state index in [4.69, 9.17) is 9.47 Å². The molecule has 0 bridgehead atoms. The lowest BCUT2D eigenvalue weighted by molar-refractivity contribution is -0.135. The van der Waals surface area contributed by atoms with E-state index in [1.807, 2.05) is 40.8 Å². The van der Waals surface area contributed by atoms with Crippen molar-refractivity contribution in [1.29, 1.82) is 0 Å². The van der Waals surface area contributed by atoms with Crippen molar-refractivity contribution in [2.45, 2.75) is 23.4 Å². The lowest BCUT2D eigenvalue weighted by Gasteiger charge is -2.37. The Morgan fingerprint density at radius 1 is 1.27 bits per heavy atom. The van der Waals surface area contributed by atoms with Crippen molar-refractivity contribution >= 4 is 17.7 Å². The number of amides is 1. The zero-order chi connectivity index (χ0) is 18.1. The fourth-order valence-electron chi connectivity index (χ4n) is 3.17. The average molecular weight is 375 g/mol. The number of benzene rings is 1. The first-order chi connectivity index (χ1) is 12.7. The van der Waals surface area contributed by atoms with Crippen LogP contribution < -0.4 is 10.2 Å². The largest absolute Gasteiger partial charge is 0.497 e. The van der Waals surface area contributed by atoms with E-state index < -0.39 is 0 Å². The fourth-order valence-corrected chi connectivity index (χ4v) is 4.38. The Morgan fingerprint density at radius 3 is 2.69 bits per heavy atom. The first-order valence-corrected chi connectivity index (χ1v) is 9.41. The van der Waals surface area contributed by atoms with Crippen molar-refractivity contribution in [1.82, 2.24) is 19.8 Å². The van der Waals surface area contributed by atoms with Crippen molar-refractivity contribution in [3.63, 3.8) is 0 Å². The Balaban J connectivity index is 1.66. The molecule has 9 heteroatoms. The number of carbonyl (C=O) groups excluding carboxylic acids is 1. The first kappa shape index (κ1) is 17.2. The van der Waals surface area contributed by atoms with Crippen LogP contribution in [0.2, 0.25) is 0 Å². The highest BCUT2D eigenvalue weighted by molar-refractivity contribution is 8.00. The summed E-state index contributed by atoms with van der Waals surface area (Å²) in [5.74, 6) is 1.65. The zero-order valence-corrected chi connectivity index (χ0v) is 15.5. The maximum Gasteiger partial charge on any atom is 0.238 e. The lowest BCUT2D eigenvalue weighted by atomic mass is 10.0. The second-order valence-corrected chi connectivity index (χ2v) is 7.33. The second-order valence-electron chi connectivity index (χ2n) is 6.22. The van der Waals surface area contributed by atoms with Crippen LogP contribution in [0.5, 0.6) is 5.75 Å². The molecule has 0 spiro atoms. The standard InChI is InChI=1S/C17H21N5O3S/c1-11-18-19-17-22(11)20-14(12-3-5-13(24-2)6-4-12)15(26-17)16(23)21-7-9-25-10-8-21/h3-6,14-15,20H,7-10H2,1-2H3/t14-,15-/m0/s1. The van der Waals surface area contributed by atoms with Crippen molar-refractivity contribution in [3.8, 4) is 5.75 Å². The summed E-state index contributed by atoms with van der Waals surface area (Å²) in [5.41, 5.74) is 4.44. The Morgan fingerprint density at radius 2 is 2.00 bits per heavy atom. The normalized spacial score (nSPS) is 22.5. The Bertz CT molecular complexity index is 788. The van der Waals surface area contributed by atoms with Crippen LogP contribution in [0.1, 0.15) is 17.4 Å². The van der Waals surface area contributed by atoms with Gasteiger partial charge in [0, 0.05) is 13.1 Å². The molecule has 1 aromatic heterocycles. The van der Waals surface area contributed by atoms with Crippen LogP contribution >= 0.6 is 11.8 Å². The zero-order valence-electron chi connectivity index (χ0n) is 14.7. The number of rotatable bonds is 3. The fraction of sp³-hybridized carbons (Fsp3) is 0.471. The molecule has 2 aliphatic rings. The van der Waals surface area contributed by atoms with Gasteiger partial charge in [-0.1, -0.05) is 23.9 Å². The number of carbonyl (C=O) groups is 1. The van der Waals surface area contributed by atoms with E-state index in [2.05, 4.69) is 15.6 Å². The summed E-state index contributed by atoms with van der Waals surface area (Å²) in [5, 5.41) is 8.70. The number of morpholine rings is 1. The highest BCUT2D eigenvalue weighted by atomic mass is 32.2. The van der Waals surface area contributed by atoms with Crippen molar-refractivity contribution in [2.24, 2.45) is 0 Å². The SMILES string of the molecule is COc1ccc([C@@H]2Nn3c(C)nnc3S[C@@H]2C(=O)N2CCOCC2)cc1. The first-order valence-electron chi connectivity index (χ1n) is 8.53. The number of aryl methyl sites for hydroxylation is 1. The molecule has 4 rings (SSSR count). The van der Waals surface area contributed by atoms with Gasteiger partial charge in [-0.05, 0) is 24.6 Å². The summed E-state index contributed by atoms with van der Waals surface area (Å²) in [4.78, 5) is 15.1. The van der Waals surface area contributed by atoms with Gasteiger partial charge in [-0.3, -0.25) is 4.79 Å². The summed E-state index contributed by atoms with van der Waals surface area (Å²) in [6.45, 7) is 4.30. The Labute approximate surface area is 155 Å². The minimum absolute atomic E-state index is 0.0959. The molecular weight excluding hydrogens is 354 g/mol. The van der Waals surface area contributed by atoms with E-state index in [-0.39, 0.29) is 17.2 Å². The predicted molar refractivity (Wildman–Crippen MR) is 96.9 cm³/mol. The molecule has 0 unspecified atom stereocenters. The van der Waals surface area contributed by atoms with Gasteiger partial charge < -0.3 is 19.8 Å². The van der Waals surface area contributed by atoms with Crippen LogP contribution in [0.25, 0.3) is 0 Å². The minimum Gasteiger partial charge on any atom is -0.497 e. The smallest absolute Gasteiger partial charge is 0.238 e. The molecule has 0 radical (unpaired) electrons. The maximum absolute atomic E-state index is 13.2. The number of hydrogen-bond donors (Lipinski definition) is 1. The molecule has 2 aromatic rings. The van der Waals surface area contributed by atoms with E-state index in [1.54, 1.807) is 7.11 Å². The van der Waals surface area contributed by atoms with Gasteiger partial charge in [0.25, 0.3) is 0 Å². The summed E-state index contributed by atoms with van der Waals surface area (Å²) >= 11 is 1.46. The van der Waals surface area contributed by atoms with Crippen molar-refractivity contribution in [2.75, 3.05) is 38.8 Å². The van der Waals surface area contributed by atoms with Gasteiger partial charge in [0.15, 0.2) is 0 Å². The average Bonchev–Trinajstić information content (AvgIpc) is 3.07. The maximum atomic E-state index is 13.2. The summed E-state index contributed by atoms with van der Waals surface area (Å²) < 4.78 is 12.5. The summed E-state index contributed by atoms with van der Waals surface area (Å²) in [7, 11) is 1.64. The number of aromatic nitrogens is 3. The van der Waals surface area contributed by atoms with E-state index in [0.717, 1.165) is 17.1 Å². The number of fused-ring (bicyclic) bond motifs is 1. The molecule has 1 amide bonds. The molecule has 2 aliphatic heterocycles. The number of nitrogens with one attached hydrogen (secondary N) is 1. The van der Waals surface area contributed by atoms with Crippen molar-refractivity contribution < 1.29 is 14.3 Å². The van der Waals surface area contributed by atoms with Crippen LogP contribution in [-0.4, -0.2) is 64.3 Å². The Kier molecular flexibility index (Phi) is 4.73. The van der Waals surface area contributed by atoms with Crippen LogP contribution in [0.4, 0.5) is 0 Å². The third kappa shape index (κ3) is 3.12. The third-order valence-corrected chi connectivity index (χ3v) is 5.84. The summed E-state index contributed by atoms with van der Waals surface area (Å²) in [6, 6.07) is 7.60. The molecule has 1 aromatic carbocycles. The van der Waals surface area contributed by atoms with Gasteiger partial charge in [-0.15, -0.1) is 10.2 Å². The molecule has 0 aliphatic carbocycles. The molecule has 2 atom stereocenters. The van der Waals surface area contributed by atoms with E-state index in [9.17, 15) is 4.79 Å². The number of thioether (sulfide) groups is 1. The quantitative estimate of drug-likeness (QED) is 0.864. The minimum atomic E-state index is -0.322. The van der Waals surface area contributed by atoms with Gasteiger partial charge in [0.1, 0.15) is 16.8 Å². The molecule has 0 saturated carbocycles. The molecule has 1 N–H and O–H groups in total. The van der Waals surface area contributed by atoms with E-state index >= 15 is 0 Å². The van der Waals surface area contributed by atoms with Crippen molar-refractivity contribution in [3.05, 3.63) is 35.7 Å². The van der Waals surface area contributed by atoms with Crippen LogP contribution in [0, 0.1) is 6.92 Å². The van der Waals surface area contributed by atoms with Gasteiger partial charge in [-0.25, -0.2) is 4.68 Å². The number of hydrogen-bond acceptors (Lipinski definition) is 7. The highest BCUT2D eigenvalue weighted by Gasteiger charge is 2.39. The van der Waals surface area contributed by atoms with Crippen LogP contribution in [-0.2, 0) is 9.53 Å². The number of methoxy groups -OCH3 is 1. The second kappa shape index (κ2) is 7.16. The summed E-state index contributed by atoms with van der Waals surface area (Å²) in [6.07, 6.45) is 0. The monoisotopic (exact) mass is 375 g/mol. The van der Waals surface area contributed by atoms with Crippen LogP contribution in [0.15, 0.2) is 29.4 Å². The molecule has 1 fully saturated rings. The molecule has 26 heavy (non-hydrogen) atoms. The van der Waals surface area contributed by atoms with Gasteiger partial charge in [0.05, 0.1) is 26.4 Å². The lowest BCUT2D eigenvalue weighted by Crippen LogP contribution is -2.49. The van der Waals surface area contributed by atoms with Gasteiger partial charge in [0.2, 0.25) is 11.1 Å². The third-order valence-electron chi connectivity index (χ3n) is 4.64. The van der Waals surface area contributed by atoms with E-state index in [1.165, 1.54) is 11.8 Å².